The number of halogens is 1. The quantitative estimate of drug-likeness (QED) is 0.867. The van der Waals surface area contributed by atoms with Crippen molar-refractivity contribution in [3.63, 3.8) is 0 Å². The number of nitrogens with one attached hydrogen (secondary N) is 1. The Morgan fingerprint density at radius 2 is 2.17 bits per heavy atom. The molecule has 0 bridgehead atoms. The molecule has 2 heterocycles. The molecule has 2 aromatic heterocycles. The van der Waals surface area contributed by atoms with Gasteiger partial charge in [0.1, 0.15) is 5.69 Å². The van der Waals surface area contributed by atoms with Gasteiger partial charge in [0.25, 0.3) is 0 Å². The van der Waals surface area contributed by atoms with Gasteiger partial charge in [-0.05, 0) is 32.9 Å². The van der Waals surface area contributed by atoms with Gasteiger partial charge in [0.15, 0.2) is 5.15 Å². The molecule has 0 aliphatic heterocycles. The second kappa shape index (κ2) is 4.94. The summed E-state index contributed by atoms with van der Waals surface area (Å²) >= 11 is 5.95. The van der Waals surface area contributed by atoms with Crippen molar-refractivity contribution in [1.29, 1.82) is 0 Å². The molecule has 2 rings (SSSR count). The smallest absolute Gasteiger partial charge is 0.152 e. The molecule has 0 spiro atoms. The lowest BCUT2D eigenvalue weighted by Crippen LogP contribution is -2.22. The molecule has 0 radical (unpaired) electrons. The molecule has 0 fully saturated rings. The van der Waals surface area contributed by atoms with Gasteiger partial charge >= 0.3 is 0 Å². The van der Waals surface area contributed by atoms with E-state index in [2.05, 4.69) is 41.4 Å². The van der Waals surface area contributed by atoms with Gasteiger partial charge < -0.3 is 5.32 Å². The predicted molar refractivity (Wildman–Crippen MR) is 71.6 cm³/mol. The average molecular weight is 266 g/mol. The zero-order valence-corrected chi connectivity index (χ0v) is 11.4. The molecule has 0 saturated heterocycles. The van der Waals surface area contributed by atoms with Gasteiger partial charge in [-0.15, -0.1) is 5.10 Å². The summed E-state index contributed by atoms with van der Waals surface area (Å²) in [5.74, 6) is 0. The fraction of sp³-hybridized carbons (Fsp3) is 0.417. The predicted octanol–water partition coefficient (Wildman–Crippen LogP) is 2.69. The largest absolute Gasteiger partial charge is 0.377 e. The third-order valence-electron chi connectivity index (χ3n) is 2.45. The molecule has 0 aliphatic rings. The standard InChI is InChI=1S/C12H16ClN5/c1-12(2,3)18-8-9(16-17-18)7-15-10-5-4-6-14-11(10)13/h4-6,8,15H,7H2,1-3H3. The summed E-state index contributed by atoms with van der Waals surface area (Å²) in [4.78, 5) is 4.00. The van der Waals surface area contributed by atoms with Gasteiger partial charge in [-0.25, -0.2) is 9.67 Å². The molecule has 0 unspecified atom stereocenters. The maximum atomic E-state index is 5.95. The van der Waals surface area contributed by atoms with Gasteiger partial charge in [0.05, 0.1) is 24.0 Å². The lowest BCUT2D eigenvalue weighted by molar-refractivity contribution is 0.347. The molecule has 5 nitrogen and oxygen atoms in total. The van der Waals surface area contributed by atoms with E-state index in [0.29, 0.717) is 11.7 Å². The molecule has 6 heteroatoms. The summed E-state index contributed by atoms with van der Waals surface area (Å²) in [5, 5.41) is 11.9. The van der Waals surface area contributed by atoms with Crippen LogP contribution in [0.3, 0.4) is 0 Å². The highest BCUT2D eigenvalue weighted by molar-refractivity contribution is 6.31. The van der Waals surface area contributed by atoms with Crippen LogP contribution in [-0.2, 0) is 12.1 Å². The highest BCUT2D eigenvalue weighted by Crippen LogP contribution is 2.18. The van der Waals surface area contributed by atoms with Crippen LogP contribution in [0.4, 0.5) is 5.69 Å². The van der Waals surface area contributed by atoms with Crippen LogP contribution in [0.25, 0.3) is 0 Å². The van der Waals surface area contributed by atoms with Crippen molar-refractivity contribution < 1.29 is 0 Å². The van der Waals surface area contributed by atoms with E-state index in [1.165, 1.54) is 0 Å². The third kappa shape index (κ3) is 2.98. The first kappa shape index (κ1) is 12.8. The van der Waals surface area contributed by atoms with Crippen LogP contribution in [0.5, 0.6) is 0 Å². The summed E-state index contributed by atoms with van der Waals surface area (Å²) in [6.45, 7) is 6.81. The lowest BCUT2D eigenvalue weighted by Gasteiger charge is -2.17. The number of anilines is 1. The Morgan fingerprint density at radius 1 is 1.39 bits per heavy atom. The van der Waals surface area contributed by atoms with Crippen LogP contribution in [0.15, 0.2) is 24.5 Å². The monoisotopic (exact) mass is 265 g/mol. The summed E-state index contributed by atoms with van der Waals surface area (Å²) in [6, 6.07) is 3.71. The summed E-state index contributed by atoms with van der Waals surface area (Å²) in [5.41, 5.74) is 1.60. The maximum Gasteiger partial charge on any atom is 0.152 e. The first-order chi connectivity index (χ1) is 8.47. The second-order valence-electron chi connectivity index (χ2n) is 5.02. The minimum Gasteiger partial charge on any atom is -0.377 e. The fourth-order valence-corrected chi connectivity index (χ4v) is 1.60. The van der Waals surface area contributed by atoms with Crippen molar-refractivity contribution in [3.8, 4) is 0 Å². The van der Waals surface area contributed by atoms with Crippen LogP contribution in [0, 0.1) is 0 Å². The van der Waals surface area contributed by atoms with Crippen molar-refractivity contribution in [3.05, 3.63) is 35.4 Å². The second-order valence-corrected chi connectivity index (χ2v) is 5.38. The topological polar surface area (TPSA) is 55.6 Å². The zero-order valence-electron chi connectivity index (χ0n) is 10.7. The number of hydrogen-bond donors (Lipinski definition) is 1. The molecule has 0 saturated carbocycles. The van der Waals surface area contributed by atoms with Crippen LogP contribution in [0.1, 0.15) is 26.5 Å². The molecule has 18 heavy (non-hydrogen) atoms. The molecule has 0 atom stereocenters. The summed E-state index contributed by atoms with van der Waals surface area (Å²) in [6.07, 6.45) is 3.58. The zero-order chi connectivity index (χ0) is 13.2. The Bertz CT molecular complexity index is 529. The molecule has 1 N–H and O–H groups in total. The number of rotatable bonds is 3. The van der Waals surface area contributed by atoms with Gasteiger partial charge in [0, 0.05) is 6.20 Å². The number of nitrogens with zero attached hydrogens (tertiary/aromatic N) is 4. The minimum atomic E-state index is -0.0583. The first-order valence-corrected chi connectivity index (χ1v) is 6.11. The molecule has 96 valence electrons. The van der Waals surface area contributed by atoms with Crippen LogP contribution >= 0.6 is 11.6 Å². The van der Waals surface area contributed by atoms with E-state index in [-0.39, 0.29) is 5.54 Å². The third-order valence-corrected chi connectivity index (χ3v) is 2.75. The number of aromatic nitrogens is 4. The van der Waals surface area contributed by atoms with E-state index >= 15 is 0 Å². The Morgan fingerprint density at radius 3 is 2.78 bits per heavy atom. The SMILES string of the molecule is CC(C)(C)n1cc(CNc2cccnc2Cl)nn1. The Kier molecular flexibility index (Phi) is 3.52. The van der Waals surface area contributed by atoms with Crippen molar-refractivity contribution in [2.24, 2.45) is 0 Å². The van der Waals surface area contributed by atoms with E-state index in [4.69, 9.17) is 11.6 Å². The van der Waals surface area contributed by atoms with Crippen LogP contribution in [0.2, 0.25) is 5.15 Å². The van der Waals surface area contributed by atoms with Gasteiger partial charge in [-0.1, -0.05) is 16.8 Å². The Balaban J connectivity index is 2.03. The summed E-state index contributed by atoms with van der Waals surface area (Å²) in [7, 11) is 0. The molecular weight excluding hydrogens is 250 g/mol. The number of hydrogen-bond acceptors (Lipinski definition) is 4. The van der Waals surface area contributed by atoms with Gasteiger partial charge in [0.2, 0.25) is 0 Å². The van der Waals surface area contributed by atoms with E-state index in [1.54, 1.807) is 6.20 Å². The summed E-state index contributed by atoms with van der Waals surface area (Å²) < 4.78 is 1.84. The van der Waals surface area contributed by atoms with Crippen molar-refractivity contribution in [1.82, 2.24) is 20.0 Å². The first-order valence-electron chi connectivity index (χ1n) is 5.73. The minimum absolute atomic E-state index is 0.0583. The van der Waals surface area contributed by atoms with Crippen LogP contribution < -0.4 is 5.32 Å². The van der Waals surface area contributed by atoms with Crippen molar-refractivity contribution in [2.75, 3.05) is 5.32 Å². The van der Waals surface area contributed by atoms with Crippen molar-refractivity contribution in [2.45, 2.75) is 32.9 Å². The van der Waals surface area contributed by atoms with Gasteiger partial charge in [-0.2, -0.15) is 0 Å². The molecule has 0 aliphatic carbocycles. The Hall–Kier alpha value is -1.62. The molecular formula is C12H16ClN5. The van der Waals surface area contributed by atoms with E-state index in [1.807, 2.05) is 23.0 Å². The highest BCUT2D eigenvalue weighted by Gasteiger charge is 2.14. The molecule has 0 amide bonds. The van der Waals surface area contributed by atoms with E-state index in [9.17, 15) is 0 Å². The molecule has 0 aromatic carbocycles. The van der Waals surface area contributed by atoms with Gasteiger partial charge in [-0.3, -0.25) is 0 Å². The normalized spacial score (nSPS) is 11.6. The van der Waals surface area contributed by atoms with E-state index < -0.39 is 0 Å². The number of pyridine rings is 1. The van der Waals surface area contributed by atoms with Crippen LogP contribution in [-0.4, -0.2) is 20.0 Å². The van der Waals surface area contributed by atoms with Crippen molar-refractivity contribution >= 4 is 17.3 Å². The van der Waals surface area contributed by atoms with E-state index in [0.717, 1.165) is 11.4 Å². The fourth-order valence-electron chi connectivity index (χ4n) is 1.41. The Labute approximate surface area is 111 Å². The highest BCUT2D eigenvalue weighted by atomic mass is 35.5. The maximum absolute atomic E-state index is 5.95. The molecule has 2 aromatic rings. The lowest BCUT2D eigenvalue weighted by atomic mass is 10.1. The average Bonchev–Trinajstić information content (AvgIpc) is 2.76.